The van der Waals surface area contributed by atoms with Crippen molar-refractivity contribution in [1.82, 2.24) is 0 Å². The summed E-state index contributed by atoms with van der Waals surface area (Å²) >= 11 is 5.85. The summed E-state index contributed by atoms with van der Waals surface area (Å²) in [5.41, 5.74) is 0.662. The molecule has 3 heteroatoms. The molecular weight excluding hydrogens is 189 g/mol. The van der Waals surface area contributed by atoms with E-state index in [2.05, 4.69) is 19.2 Å². The lowest BCUT2D eigenvalue weighted by Crippen LogP contribution is -2.08. The minimum Gasteiger partial charge on any atom is -0.384 e. The first kappa shape index (κ1) is 10.3. The fraction of sp³-hybridized carbons (Fsp3) is 0.400. The number of nitrogens with one attached hydrogen (secondary N) is 1. The van der Waals surface area contributed by atoms with Crippen LogP contribution in [0.15, 0.2) is 18.2 Å². The minimum absolute atomic E-state index is 0.268. The van der Waals surface area contributed by atoms with Crippen molar-refractivity contribution in [2.24, 2.45) is 5.92 Å². The molecule has 1 aromatic rings. The van der Waals surface area contributed by atoms with Crippen molar-refractivity contribution in [1.29, 1.82) is 0 Å². The zero-order chi connectivity index (χ0) is 9.84. The summed E-state index contributed by atoms with van der Waals surface area (Å²) in [5, 5.41) is 3.64. The highest BCUT2D eigenvalue weighted by molar-refractivity contribution is 6.33. The second-order valence-electron chi connectivity index (χ2n) is 3.40. The SMILES string of the molecule is CC(C)CNc1cc(F)ccc1Cl. The third-order valence-electron chi connectivity index (χ3n) is 1.63. The average molecular weight is 202 g/mol. The Labute approximate surface area is 82.9 Å². The number of hydrogen-bond acceptors (Lipinski definition) is 1. The van der Waals surface area contributed by atoms with Gasteiger partial charge in [-0.25, -0.2) is 4.39 Å². The van der Waals surface area contributed by atoms with Gasteiger partial charge in [-0.15, -0.1) is 0 Å². The summed E-state index contributed by atoms with van der Waals surface area (Å²) in [6.07, 6.45) is 0. The van der Waals surface area contributed by atoms with Crippen LogP contribution in [0.4, 0.5) is 10.1 Å². The molecule has 0 atom stereocenters. The van der Waals surface area contributed by atoms with Gasteiger partial charge in [-0.3, -0.25) is 0 Å². The number of benzene rings is 1. The summed E-state index contributed by atoms with van der Waals surface area (Å²) in [6.45, 7) is 4.96. The molecule has 0 bridgehead atoms. The maximum absolute atomic E-state index is 12.8. The van der Waals surface area contributed by atoms with Gasteiger partial charge in [-0.1, -0.05) is 25.4 Å². The van der Waals surface area contributed by atoms with Crippen LogP contribution in [0.25, 0.3) is 0 Å². The molecule has 1 aromatic carbocycles. The number of hydrogen-bond donors (Lipinski definition) is 1. The monoisotopic (exact) mass is 201 g/mol. The van der Waals surface area contributed by atoms with E-state index in [0.717, 1.165) is 6.54 Å². The van der Waals surface area contributed by atoms with Crippen LogP contribution in [0.1, 0.15) is 13.8 Å². The summed E-state index contributed by atoms with van der Waals surface area (Å²) in [5.74, 6) is 0.245. The summed E-state index contributed by atoms with van der Waals surface area (Å²) in [6, 6.07) is 4.31. The van der Waals surface area contributed by atoms with Gasteiger partial charge in [-0.05, 0) is 24.1 Å². The fourth-order valence-corrected chi connectivity index (χ4v) is 1.13. The van der Waals surface area contributed by atoms with E-state index in [1.807, 2.05) is 0 Å². The lowest BCUT2D eigenvalue weighted by atomic mass is 10.2. The van der Waals surface area contributed by atoms with Crippen molar-refractivity contribution in [3.05, 3.63) is 29.0 Å². The van der Waals surface area contributed by atoms with Crippen LogP contribution in [-0.2, 0) is 0 Å². The molecule has 0 amide bonds. The van der Waals surface area contributed by atoms with Gasteiger partial charge in [0.1, 0.15) is 5.82 Å². The third-order valence-corrected chi connectivity index (χ3v) is 1.96. The van der Waals surface area contributed by atoms with Gasteiger partial charge >= 0.3 is 0 Å². The lowest BCUT2D eigenvalue weighted by Gasteiger charge is -2.10. The normalized spacial score (nSPS) is 10.5. The van der Waals surface area contributed by atoms with Gasteiger partial charge < -0.3 is 5.32 Å². The number of halogens is 2. The van der Waals surface area contributed by atoms with E-state index in [1.54, 1.807) is 6.07 Å². The summed E-state index contributed by atoms with van der Waals surface area (Å²) in [7, 11) is 0. The molecule has 0 unspecified atom stereocenters. The second-order valence-corrected chi connectivity index (χ2v) is 3.81. The van der Waals surface area contributed by atoms with E-state index < -0.39 is 0 Å². The van der Waals surface area contributed by atoms with Gasteiger partial charge in [0.05, 0.1) is 10.7 Å². The van der Waals surface area contributed by atoms with Crippen LogP contribution in [0.5, 0.6) is 0 Å². The molecule has 0 aliphatic rings. The van der Waals surface area contributed by atoms with Gasteiger partial charge in [0.15, 0.2) is 0 Å². The topological polar surface area (TPSA) is 12.0 Å². The Kier molecular flexibility index (Phi) is 3.55. The smallest absolute Gasteiger partial charge is 0.125 e. The Morgan fingerprint density at radius 3 is 2.77 bits per heavy atom. The first-order valence-electron chi connectivity index (χ1n) is 4.28. The first-order valence-corrected chi connectivity index (χ1v) is 4.66. The molecule has 1 nitrogen and oxygen atoms in total. The maximum atomic E-state index is 12.8. The highest BCUT2D eigenvalue weighted by atomic mass is 35.5. The van der Waals surface area contributed by atoms with Crippen molar-refractivity contribution < 1.29 is 4.39 Å². The molecule has 0 aromatic heterocycles. The lowest BCUT2D eigenvalue weighted by molar-refractivity contribution is 0.627. The largest absolute Gasteiger partial charge is 0.384 e. The highest BCUT2D eigenvalue weighted by Gasteiger charge is 2.01. The molecule has 0 saturated heterocycles. The number of anilines is 1. The van der Waals surface area contributed by atoms with Crippen LogP contribution < -0.4 is 5.32 Å². The van der Waals surface area contributed by atoms with Crippen molar-refractivity contribution in [2.45, 2.75) is 13.8 Å². The maximum Gasteiger partial charge on any atom is 0.125 e. The van der Waals surface area contributed by atoms with Crippen molar-refractivity contribution >= 4 is 17.3 Å². The predicted octanol–water partition coefficient (Wildman–Crippen LogP) is 3.55. The molecule has 72 valence electrons. The molecule has 1 rings (SSSR count). The van der Waals surface area contributed by atoms with E-state index in [-0.39, 0.29) is 5.82 Å². The minimum atomic E-state index is -0.268. The summed E-state index contributed by atoms with van der Waals surface area (Å²) in [4.78, 5) is 0. The van der Waals surface area contributed by atoms with E-state index in [0.29, 0.717) is 16.6 Å². The Bertz CT molecular complexity index is 286. The first-order chi connectivity index (χ1) is 6.09. The van der Waals surface area contributed by atoms with Crippen LogP contribution in [0.2, 0.25) is 5.02 Å². The Balaban J connectivity index is 2.70. The van der Waals surface area contributed by atoms with Gasteiger partial charge in [0, 0.05) is 6.54 Å². The Hall–Kier alpha value is -0.760. The zero-order valence-corrected chi connectivity index (χ0v) is 8.53. The fourth-order valence-electron chi connectivity index (χ4n) is 0.947. The van der Waals surface area contributed by atoms with Crippen LogP contribution in [0.3, 0.4) is 0 Å². The van der Waals surface area contributed by atoms with E-state index >= 15 is 0 Å². The van der Waals surface area contributed by atoms with Crippen LogP contribution in [0, 0.1) is 11.7 Å². The molecule has 0 heterocycles. The summed E-state index contributed by atoms with van der Waals surface area (Å²) < 4.78 is 12.8. The van der Waals surface area contributed by atoms with E-state index in [4.69, 9.17) is 11.6 Å². The third kappa shape index (κ3) is 3.23. The van der Waals surface area contributed by atoms with Crippen molar-refractivity contribution in [3.8, 4) is 0 Å². The molecule has 0 saturated carbocycles. The molecule has 0 aliphatic heterocycles. The molecular formula is C10H13ClFN. The molecule has 13 heavy (non-hydrogen) atoms. The quantitative estimate of drug-likeness (QED) is 0.789. The van der Waals surface area contributed by atoms with Crippen molar-refractivity contribution in [3.63, 3.8) is 0 Å². The standard InChI is InChI=1S/C10H13ClFN/c1-7(2)6-13-10-5-8(12)3-4-9(10)11/h3-5,7,13H,6H2,1-2H3. The molecule has 0 fully saturated rings. The van der Waals surface area contributed by atoms with Crippen LogP contribution in [-0.4, -0.2) is 6.54 Å². The average Bonchev–Trinajstić information content (AvgIpc) is 2.06. The highest BCUT2D eigenvalue weighted by Crippen LogP contribution is 2.22. The van der Waals surface area contributed by atoms with E-state index in [1.165, 1.54) is 12.1 Å². The van der Waals surface area contributed by atoms with E-state index in [9.17, 15) is 4.39 Å². The van der Waals surface area contributed by atoms with Gasteiger partial charge in [0.2, 0.25) is 0 Å². The Morgan fingerprint density at radius 1 is 1.46 bits per heavy atom. The van der Waals surface area contributed by atoms with Gasteiger partial charge in [0.25, 0.3) is 0 Å². The van der Waals surface area contributed by atoms with Crippen LogP contribution >= 0.6 is 11.6 Å². The van der Waals surface area contributed by atoms with Crippen molar-refractivity contribution in [2.75, 3.05) is 11.9 Å². The molecule has 0 spiro atoms. The number of rotatable bonds is 3. The molecule has 0 aliphatic carbocycles. The zero-order valence-electron chi connectivity index (χ0n) is 7.77. The molecule has 1 N–H and O–H groups in total. The predicted molar refractivity (Wildman–Crippen MR) is 54.7 cm³/mol. The second kappa shape index (κ2) is 4.47. The Morgan fingerprint density at radius 2 is 2.15 bits per heavy atom. The molecule has 0 radical (unpaired) electrons. The van der Waals surface area contributed by atoms with Gasteiger partial charge in [-0.2, -0.15) is 0 Å².